The molecular weight excluding hydrogens is 272 g/mol. The van der Waals surface area contributed by atoms with E-state index in [4.69, 9.17) is 5.11 Å². The first-order valence-corrected chi connectivity index (χ1v) is 6.96. The summed E-state index contributed by atoms with van der Waals surface area (Å²) in [7, 11) is 0. The zero-order chi connectivity index (χ0) is 15.0. The minimum Gasteiger partial charge on any atom is -0.481 e. The zero-order valence-corrected chi connectivity index (χ0v) is 11.4. The van der Waals surface area contributed by atoms with Crippen molar-refractivity contribution in [1.29, 1.82) is 0 Å². The number of piperidine rings is 1. The fraction of sp³-hybridized carbons (Fsp3) is 0.400. The zero-order valence-electron chi connectivity index (χ0n) is 11.4. The lowest BCUT2D eigenvalue weighted by molar-refractivity contribution is -0.142. The van der Waals surface area contributed by atoms with E-state index in [2.05, 4.69) is 5.32 Å². The SMILES string of the molecule is O=C1CCC(c2ccc(N3CC(C(=O)O)C3)cc2)C(=O)N1. The molecule has 1 aromatic rings. The second-order valence-electron chi connectivity index (χ2n) is 5.54. The molecule has 0 radical (unpaired) electrons. The molecule has 0 saturated carbocycles. The Morgan fingerprint density at radius 1 is 1.19 bits per heavy atom. The van der Waals surface area contributed by atoms with Crippen molar-refractivity contribution < 1.29 is 19.5 Å². The van der Waals surface area contributed by atoms with Gasteiger partial charge in [-0.05, 0) is 24.1 Å². The highest BCUT2D eigenvalue weighted by Gasteiger charge is 2.33. The molecule has 2 saturated heterocycles. The van der Waals surface area contributed by atoms with Crippen molar-refractivity contribution in [3.05, 3.63) is 29.8 Å². The van der Waals surface area contributed by atoms with E-state index in [1.54, 1.807) is 0 Å². The van der Waals surface area contributed by atoms with Crippen LogP contribution in [-0.4, -0.2) is 36.0 Å². The van der Waals surface area contributed by atoms with Gasteiger partial charge in [0, 0.05) is 25.2 Å². The molecule has 2 aliphatic rings. The second kappa shape index (κ2) is 5.20. The molecule has 0 aliphatic carbocycles. The molecule has 0 spiro atoms. The summed E-state index contributed by atoms with van der Waals surface area (Å²) in [5, 5.41) is 11.2. The highest BCUT2D eigenvalue weighted by Crippen LogP contribution is 2.29. The van der Waals surface area contributed by atoms with Crippen LogP contribution in [0.1, 0.15) is 24.3 Å². The van der Waals surface area contributed by atoms with Crippen molar-refractivity contribution in [2.24, 2.45) is 5.92 Å². The van der Waals surface area contributed by atoms with Crippen LogP contribution in [0.5, 0.6) is 0 Å². The first kappa shape index (κ1) is 13.6. The first-order chi connectivity index (χ1) is 10.0. The highest BCUT2D eigenvalue weighted by atomic mass is 16.4. The van der Waals surface area contributed by atoms with Crippen molar-refractivity contribution >= 4 is 23.5 Å². The predicted octanol–water partition coefficient (Wildman–Crippen LogP) is 0.728. The van der Waals surface area contributed by atoms with Gasteiger partial charge in [0.25, 0.3) is 0 Å². The molecule has 110 valence electrons. The molecule has 1 atom stereocenters. The van der Waals surface area contributed by atoms with Gasteiger partial charge in [0.05, 0.1) is 11.8 Å². The van der Waals surface area contributed by atoms with Crippen LogP contribution in [0.15, 0.2) is 24.3 Å². The third-order valence-electron chi connectivity index (χ3n) is 4.13. The number of carboxylic acid groups (broad SMARTS) is 1. The van der Waals surface area contributed by atoms with Crippen LogP contribution < -0.4 is 10.2 Å². The number of hydrogen-bond acceptors (Lipinski definition) is 4. The highest BCUT2D eigenvalue weighted by molar-refractivity contribution is 6.00. The Morgan fingerprint density at radius 3 is 2.43 bits per heavy atom. The Labute approximate surface area is 121 Å². The number of aliphatic carboxylic acids is 1. The maximum absolute atomic E-state index is 11.8. The van der Waals surface area contributed by atoms with Crippen molar-refractivity contribution in [2.45, 2.75) is 18.8 Å². The standard InChI is InChI=1S/C15H16N2O4/c18-13-6-5-12(14(19)16-13)9-1-3-11(4-2-9)17-7-10(8-17)15(20)21/h1-4,10,12H,5-8H2,(H,20,21)(H,16,18,19). The lowest BCUT2D eigenvalue weighted by Gasteiger charge is -2.38. The number of carboxylic acids is 1. The smallest absolute Gasteiger partial charge is 0.310 e. The molecule has 6 heteroatoms. The summed E-state index contributed by atoms with van der Waals surface area (Å²) < 4.78 is 0. The van der Waals surface area contributed by atoms with Gasteiger partial charge in [0.2, 0.25) is 11.8 Å². The first-order valence-electron chi connectivity index (χ1n) is 6.96. The maximum Gasteiger partial charge on any atom is 0.310 e. The second-order valence-corrected chi connectivity index (χ2v) is 5.54. The molecule has 6 nitrogen and oxygen atoms in total. The summed E-state index contributed by atoms with van der Waals surface area (Å²) in [6.07, 6.45) is 0.902. The number of anilines is 1. The van der Waals surface area contributed by atoms with E-state index in [-0.39, 0.29) is 23.7 Å². The molecule has 21 heavy (non-hydrogen) atoms. The fourth-order valence-corrected chi connectivity index (χ4v) is 2.77. The van der Waals surface area contributed by atoms with Crippen LogP contribution in [0.4, 0.5) is 5.69 Å². The van der Waals surface area contributed by atoms with Crippen LogP contribution in [0.25, 0.3) is 0 Å². The normalized spacial score (nSPS) is 22.7. The van der Waals surface area contributed by atoms with Gasteiger partial charge in [-0.15, -0.1) is 0 Å². The minimum absolute atomic E-state index is 0.215. The lowest BCUT2D eigenvalue weighted by atomic mass is 9.90. The van der Waals surface area contributed by atoms with Gasteiger partial charge in [-0.3, -0.25) is 19.7 Å². The molecule has 1 aromatic carbocycles. The van der Waals surface area contributed by atoms with Crippen molar-refractivity contribution in [3.8, 4) is 0 Å². The topological polar surface area (TPSA) is 86.7 Å². The fourth-order valence-electron chi connectivity index (χ4n) is 2.77. The summed E-state index contributed by atoms with van der Waals surface area (Å²) in [6.45, 7) is 1.04. The quantitative estimate of drug-likeness (QED) is 0.801. The monoisotopic (exact) mass is 288 g/mol. The summed E-state index contributed by atoms with van der Waals surface area (Å²) in [4.78, 5) is 35.7. The largest absolute Gasteiger partial charge is 0.481 e. The third-order valence-corrected chi connectivity index (χ3v) is 4.13. The molecule has 2 fully saturated rings. The van der Waals surface area contributed by atoms with Crippen LogP contribution in [0.3, 0.4) is 0 Å². The van der Waals surface area contributed by atoms with Gasteiger partial charge < -0.3 is 10.0 Å². The number of benzene rings is 1. The van der Waals surface area contributed by atoms with Gasteiger partial charge in [-0.25, -0.2) is 0 Å². The Balaban J connectivity index is 1.66. The summed E-state index contributed by atoms with van der Waals surface area (Å²) in [5.74, 6) is -1.78. The Morgan fingerprint density at radius 2 is 1.86 bits per heavy atom. The van der Waals surface area contributed by atoms with E-state index in [9.17, 15) is 14.4 Å². The molecule has 0 aromatic heterocycles. The van der Waals surface area contributed by atoms with E-state index >= 15 is 0 Å². The number of carbonyl (C=O) groups is 3. The average molecular weight is 288 g/mol. The van der Waals surface area contributed by atoms with Crippen molar-refractivity contribution in [3.63, 3.8) is 0 Å². The molecule has 0 bridgehead atoms. The number of nitrogens with one attached hydrogen (secondary N) is 1. The molecule has 2 amide bonds. The third kappa shape index (κ3) is 2.61. The van der Waals surface area contributed by atoms with Gasteiger partial charge in [-0.2, -0.15) is 0 Å². The number of nitrogens with zero attached hydrogens (tertiary/aromatic N) is 1. The predicted molar refractivity (Wildman–Crippen MR) is 74.9 cm³/mol. The average Bonchev–Trinajstić information content (AvgIpc) is 2.38. The minimum atomic E-state index is -0.758. The Hall–Kier alpha value is -2.37. The van der Waals surface area contributed by atoms with Crippen molar-refractivity contribution in [1.82, 2.24) is 5.32 Å². The van der Waals surface area contributed by atoms with E-state index in [1.807, 2.05) is 29.2 Å². The lowest BCUT2D eigenvalue weighted by Crippen LogP contribution is -2.50. The molecule has 2 aliphatic heterocycles. The summed E-state index contributed by atoms with van der Waals surface area (Å²) >= 11 is 0. The van der Waals surface area contributed by atoms with Crippen LogP contribution in [0.2, 0.25) is 0 Å². The maximum atomic E-state index is 11.8. The Kier molecular flexibility index (Phi) is 3.37. The van der Waals surface area contributed by atoms with E-state index in [1.165, 1.54) is 0 Å². The molecule has 2 heterocycles. The van der Waals surface area contributed by atoms with Gasteiger partial charge in [0.15, 0.2) is 0 Å². The van der Waals surface area contributed by atoms with Crippen LogP contribution in [-0.2, 0) is 14.4 Å². The number of amides is 2. The number of imide groups is 1. The number of rotatable bonds is 3. The van der Waals surface area contributed by atoms with E-state index < -0.39 is 5.97 Å². The van der Waals surface area contributed by atoms with Gasteiger partial charge in [-0.1, -0.05) is 12.1 Å². The van der Waals surface area contributed by atoms with Gasteiger partial charge in [0.1, 0.15) is 0 Å². The summed E-state index contributed by atoms with van der Waals surface area (Å²) in [5.41, 5.74) is 1.85. The Bertz CT molecular complexity index is 590. The van der Waals surface area contributed by atoms with Crippen molar-refractivity contribution in [2.75, 3.05) is 18.0 Å². The molecular formula is C15H16N2O4. The molecule has 1 unspecified atom stereocenters. The number of hydrogen-bond donors (Lipinski definition) is 2. The number of carbonyl (C=O) groups excluding carboxylic acids is 2. The van der Waals surface area contributed by atoms with Crippen LogP contribution in [0, 0.1) is 5.92 Å². The summed E-state index contributed by atoms with van der Waals surface area (Å²) in [6, 6.07) is 7.56. The molecule has 3 rings (SSSR count). The van der Waals surface area contributed by atoms with Crippen LogP contribution >= 0.6 is 0 Å². The van der Waals surface area contributed by atoms with E-state index in [0.29, 0.717) is 25.9 Å². The molecule has 2 N–H and O–H groups in total. The van der Waals surface area contributed by atoms with E-state index in [0.717, 1.165) is 11.3 Å². The van der Waals surface area contributed by atoms with Gasteiger partial charge >= 0.3 is 5.97 Å².